The van der Waals surface area contributed by atoms with Crippen LogP contribution in [0.2, 0.25) is 0 Å². The molecule has 0 aliphatic carbocycles. The second-order valence-corrected chi connectivity index (χ2v) is 5.20. The van der Waals surface area contributed by atoms with E-state index in [4.69, 9.17) is 4.52 Å². The number of aromatic nitrogens is 1. The number of rotatable bonds is 2. The van der Waals surface area contributed by atoms with Gasteiger partial charge in [-0.15, -0.1) is 0 Å². The summed E-state index contributed by atoms with van der Waals surface area (Å²) < 4.78 is 5.18. The van der Waals surface area contributed by atoms with E-state index in [2.05, 4.69) is 21.9 Å². The Kier molecular flexibility index (Phi) is 5.80. The Morgan fingerprint density at radius 1 is 1.35 bits per heavy atom. The molecule has 1 heterocycles. The summed E-state index contributed by atoms with van der Waals surface area (Å²) in [4.78, 5) is 11.7. The quantitative estimate of drug-likeness (QED) is 0.832. The van der Waals surface area contributed by atoms with Crippen molar-refractivity contribution in [2.45, 2.75) is 26.2 Å². The van der Waals surface area contributed by atoms with Gasteiger partial charge in [-0.2, -0.15) is 0 Å². The molecule has 0 atom stereocenters. The van der Waals surface area contributed by atoms with Crippen LogP contribution in [0.1, 0.15) is 26.5 Å². The molecule has 2 N–H and O–H groups in total. The Balaban J connectivity index is 0.00000200. The van der Waals surface area contributed by atoms with Crippen molar-refractivity contribution in [3.8, 4) is 0 Å². The molecule has 1 aromatic heterocycles. The predicted octanol–water partition coefficient (Wildman–Crippen LogP) is 2.77. The van der Waals surface area contributed by atoms with Gasteiger partial charge in [-0.05, 0) is 18.2 Å². The number of amides is 2. The third-order valence-corrected chi connectivity index (χ3v) is 2.46. The molecule has 0 fully saturated rings. The monoisotopic (exact) mass is 282 g/mol. The number of hydrogen-bond donors (Lipinski definition) is 2. The Labute approximate surface area is 140 Å². The molecule has 0 bridgehead atoms. The first-order valence-electron chi connectivity index (χ1n) is 5.96. The van der Waals surface area contributed by atoms with E-state index in [0.29, 0.717) is 11.5 Å². The van der Waals surface area contributed by atoms with Crippen molar-refractivity contribution in [2.24, 2.45) is 0 Å². The van der Waals surface area contributed by atoms with Gasteiger partial charge in [0.1, 0.15) is 5.76 Å². The molecule has 0 aliphatic heterocycles. The first-order chi connectivity index (χ1) is 8.95. The summed E-state index contributed by atoms with van der Waals surface area (Å²) in [6.07, 6.45) is 0. The molecule has 20 heavy (non-hydrogen) atoms. The van der Waals surface area contributed by atoms with Gasteiger partial charge in [0.25, 0.3) is 0 Å². The average molecular weight is 282 g/mol. The van der Waals surface area contributed by atoms with Crippen LogP contribution >= 0.6 is 0 Å². The van der Waals surface area contributed by atoms with Crippen LogP contribution in [0.25, 0.3) is 0 Å². The fourth-order valence-corrected chi connectivity index (χ4v) is 1.44. The number of hydrogen-bond acceptors (Lipinski definition) is 3. The molecule has 6 heteroatoms. The summed E-state index contributed by atoms with van der Waals surface area (Å²) in [6.45, 7) is 6.03. The topological polar surface area (TPSA) is 67.2 Å². The molecular weight excluding hydrogens is 265 g/mol. The molecule has 2 aromatic rings. The SMILES string of the molecule is CC(C)(C)c1cc(NC(=O)Nc2c[c]ccc2)no1.[NaH]. The van der Waals surface area contributed by atoms with Crippen LogP contribution < -0.4 is 10.6 Å². The average Bonchev–Trinajstić information content (AvgIpc) is 2.78. The summed E-state index contributed by atoms with van der Waals surface area (Å²) in [5, 5.41) is 9.10. The van der Waals surface area contributed by atoms with E-state index < -0.39 is 0 Å². The first-order valence-corrected chi connectivity index (χ1v) is 5.96. The van der Waals surface area contributed by atoms with E-state index in [9.17, 15) is 4.79 Å². The fourth-order valence-electron chi connectivity index (χ4n) is 1.44. The zero-order chi connectivity index (χ0) is 13.9. The van der Waals surface area contributed by atoms with E-state index in [1.165, 1.54) is 0 Å². The third kappa shape index (κ3) is 4.67. The van der Waals surface area contributed by atoms with Crippen LogP contribution in [0.3, 0.4) is 0 Å². The van der Waals surface area contributed by atoms with Gasteiger partial charge < -0.3 is 9.84 Å². The van der Waals surface area contributed by atoms with Gasteiger partial charge in [-0.1, -0.05) is 38.1 Å². The van der Waals surface area contributed by atoms with Gasteiger partial charge in [-0.3, -0.25) is 5.32 Å². The number of benzene rings is 1. The second kappa shape index (κ2) is 6.92. The second-order valence-electron chi connectivity index (χ2n) is 5.20. The summed E-state index contributed by atoms with van der Waals surface area (Å²) in [6, 6.07) is 11.2. The molecule has 0 saturated carbocycles. The molecule has 1 radical (unpaired) electrons. The van der Waals surface area contributed by atoms with Crippen LogP contribution in [0, 0.1) is 6.07 Å². The van der Waals surface area contributed by atoms with E-state index in [1.54, 1.807) is 30.3 Å². The summed E-state index contributed by atoms with van der Waals surface area (Å²) in [7, 11) is 0. The summed E-state index contributed by atoms with van der Waals surface area (Å²) in [5.74, 6) is 1.11. The van der Waals surface area contributed by atoms with Crippen LogP contribution in [-0.2, 0) is 5.41 Å². The molecule has 2 amide bonds. The van der Waals surface area contributed by atoms with Crippen LogP contribution in [0.5, 0.6) is 0 Å². The van der Waals surface area contributed by atoms with Crippen molar-refractivity contribution in [1.29, 1.82) is 0 Å². The number of urea groups is 1. The number of nitrogens with zero attached hydrogens (tertiary/aromatic N) is 1. The molecule has 2 rings (SSSR count). The molecule has 0 aliphatic rings. The number of nitrogens with one attached hydrogen (secondary N) is 2. The van der Waals surface area contributed by atoms with E-state index in [1.807, 2.05) is 20.8 Å². The van der Waals surface area contributed by atoms with Gasteiger partial charge in [0.2, 0.25) is 0 Å². The first kappa shape index (κ1) is 16.8. The van der Waals surface area contributed by atoms with Crippen LogP contribution in [0.15, 0.2) is 34.9 Å². The van der Waals surface area contributed by atoms with Gasteiger partial charge in [-0.25, -0.2) is 4.79 Å². The Morgan fingerprint density at radius 3 is 2.65 bits per heavy atom. The van der Waals surface area contributed by atoms with Gasteiger partial charge in [0, 0.05) is 17.2 Å². The number of carbonyl (C=O) groups is 1. The minimum atomic E-state index is -0.367. The zero-order valence-electron chi connectivity index (χ0n) is 11.2. The predicted molar refractivity (Wildman–Crippen MR) is 80.3 cm³/mol. The van der Waals surface area contributed by atoms with Gasteiger partial charge in [0.05, 0.1) is 0 Å². The number of anilines is 2. The summed E-state index contributed by atoms with van der Waals surface area (Å²) >= 11 is 0. The van der Waals surface area contributed by atoms with Crippen LogP contribution in [0.4, 0.5) is 16.3 Å². The molecule has 101 valence electrons. The third-order valence-electron chi connectivity index (χ3n) is 2.46. The maximum absolute atomic E-state index is 11.7. The normalized spacial score (nSPS) is 10.6. The molecule has 0 spiro atoms. The van der Waals surface area contributed by atoms with Crippen molar-refractivity contribution in [3.05, 3.63) is 42.2 Å². The molecular formula is C14H17N3NaO2. The van der Waals surface area contributed by atoms with Crippen molar-refractivity contribution in [1.82, 2.24) is 5.16 Å². The standard InChI is InChI=1S/C14H16N3O2.Na.H/c1-14(2,3)11-9-12(17-19-11)16-13(18)15-10-7-5-4-6-8-10;;/h4-5,7-9H,1-3H3,(H2,15,16,17,18);;. The fraction of sp³-hybridized carbons (Fsp3) is 0.286. The number of carbonyl (C=O) groups excluding carboxylic acids is 1. The van der Waals surface area contributed by atoms with E-state index >= 15 is 0 Å². The van der Waals surface area contributed by atoms with Gasteiger partial charge >= 0.3 is 35.6 Å². The molecule has 0 saturated heterocycles. The van der Waals surface area contributed by atoms with E-state index in [0.717, 1.165) is 5.76 Å². The van der Waals surface area contributed by atoms with E-state index in [-0.39, 0.29) is 41.0 Å². The Morgan fingerprint density at radius 2 is 2.10 bits per heavy atom. The van der Waals surface area contributed by atoms with Crippen molar-refractivity contribution in [3.63, 3.8) is 0 Å². The van der Waals surface area contributed by atoms with Gasteiger partial charge in [0.15, 0.2) is 5.82 Å². The minimum absolute atomic E-state index is 0. The van der Waals surface area contributed by atoms with Crippen molar-refractivity contribution in [2.75, 3.05) is 10.6 Å². The van der Waals surface area contributed by atoms with Crippen molar-refractivity contribution >= 4 is 47.1 Å². The molecule has 5 nitrogen and oxygen atoms in total. The Bertz CT molecular complexity index is 561. The van der Waals surface area contributed by atoms with Crippen LogP contribution in [-0.4, -0.2) is 40.7 Å². The zero-order valence-corrected chi connectivity index (χ0v) is 11.2. The molecule has 0 unspecified atom stereocenters. The summed E-state index contributed by atoms with van der Waals surface area (Å²) in [5.41, 5.74) is 0.525. The van der Waals surface area contributed by atoms with Crippen molar-refractivity contribution < 1.29 is 9.32 Å². The molecule has 1 aromatic carbocycles. The maximum atomic E-state index is 11.7. The Hall–Kier alpha value is -1.30.